The topological polar surface area (TPSA) is 102 Å². The van der Waals surface area contributed by atoms with Crippen molar-refractivity contribution in [1.29, 1.82) is 0 Å². The van der Waals surface area contributed by atoms with Crippen LogP contribution in [0, 0.1) is 6.92 Å². The number of ether oxygens (including phenoxy) is 2. The molecule has 0 saturated carbocycles. The molecule has 7 nitrogen and oxygen atoms in total. The summed E-state index contributed by atoms with van der Waals surface area (Å²) in [5.41, 5.74) is 4.22. The molecule has 0 aliphatic carbocycles. The standard InChI is InChI=1S/C30H35NO6S/c1-20-17-24(31-38(34,35)16-14-21-9-6-5-7-10-21)19-25(28(29(32)33)37-30(2,3)4)27(20)23-12-13-26-22(18-23)11-8-15-36-26/h5-7,9-10,12-13,17-19,28,31H,8,11,14-16H2,1-4H3,(H,32,33). The van der Waals surface area contributed by atoms with Gasteiger partial charge in [0, 0.05) is 11.3 Å². The molecule has 0 spiro atoms. The SMILES string of the molecule is Cc1cc(NS(=O)(=O)CCc2ccccc2)cc(C(OC(C)(C)C)C(=O)O)c1-c1ccc2c(c1)CCCO2. The van der Waals surface area contributed by atoms with E-state index in [2.05, 4.69) is 4.72 Å². The Morgan fingerprint density at radius 3 is 2.53 bits per heavy atom. The molecular formula is C30H35NO6S. The van der Waals surface area contributed by atoms with E-state index in [1.54, 1.807) is 32.9 Å². The molecule has 0 aromatic heterocycles. The quantitative estimate of drug-likeness (QED) is 0.352. The van der Waals surface area contributed by atoms with Crippen molar-refractivity contribution in [1.82, 2.24) is 0 Å². The van der Waals surface area contributed by atoms with Gasteiger partial charge in [-0.2, -0.15) is 0 Å². The maximum atomic E-state index is 13.0. The number of aryl methyl sites for hydroxylation is 3. The summed E-state index contributed by atoms with van der Waals surface area (Å²) in [4.78, 5) is 12.5. The average molecular weight is 538 g/mol. The van der Waals surface area contributed by atoms with E-state index in [4.69, 9.17) is 9.47 Å². The van der Waals surface area contributed by atoms with Crippen LogP contribution in [0.1, 0.15) is 55.5 Å². The van der Waals surface area contributed by atoms with Gasteiger partial charge in [0.2, 0.25) is 10.0 Å². The molecule has 4 rings (SSSR count). The van der Waals surface area contributed by atoms with Crippen molar-refractivity contribution in [2.45, 2.75) is 58.7 Å². The number of anilines is 1. The third kappa shape index (κ3) is 6.94. The lowest BCUT2D eigenvalue weighted by molar-refractivity contribution is -0.160. The highest BCUT2D eigenvalue weighted by molar-refractivity contribution is 7.92. The summed E-state index contributed by atoms with van der Waals surface area (Å²) in [5.74, 6) is -0.410. The molecule has 1 unspecified atom stereocenters. The summed E-state index contributed by atoms with van der Waals surface area (Å²) in [6.07, 6.45) is 0.848. The van der Waals surface area contributed by atoms with E-state index in [-0.39, 0.29) is 5.75 Å². The van der Waals surface area contributed by atoms with Crippen LogP contribution in [-0.2, 0) is 32.4 Å². The summed E-state index contributed by atoms with van der Waals surface area (Å²) < 4.78 is 40.4. The second kappa shape index (κ2) is 11.2. The fourth-order valence-electron chi connectivity index (χ4n) is 4.72. The number of aliphatic carboxylic acids is 1. The highest BCUT2D eigenvalue weighted by Gasteiger charge is 2.31. The first-order chi connectivity index (χ1) is 17.9. The van der Waals surface area contributed by atoms with E-state index in [0.717, 1.165) is 40.8 Å². The van der Waals surface area contributed by atoms with Crippen molar-refractivity contribution in [2.24, 2.45) is 0 Å². The summed E-state index contributed by atoms with van der Waals surface area (Å²) >= 11 is 0. The average Bonchev–Trinajstić information content (AvgIpc) is 2.85. The molecule has 0 saturated heterocycles. The Labute approximate surface area is 224 Å². The highest BCUT2D eigenvalue weighted by atomic mass is 32.2. The van der Waals surface area contributed by atoms with Gasteiger partial charge in [0.25, 0.3) is 0 Å². The molecule has 202 valence electrons. The maximum Gasteiger partial charge on any atom is 0.337 e. The smallest absolute Gasteiger partial charge is 0.337 e. The van der Waals surface area contributed by atoms with Crippen LogP contribution < -0.4 is 9.46 Å². The van der Waals surface area contributed by atoms with Gasteiger partial charge < -0.3 is 14.6 Å². The first-order valence-corrected chi connectivity index (χ1v) is 14.4. The number of carboxylic acid groups (broad SMARTS) is 1. The molecule has 1 aliphatic heterocycles. The van der Waals surface area contributed by atoms with E-state index in [9.17, 15) is 18.3 Å². The molecule has 3 aromatic carbocycles. The number of hydrogen-bond donors (Lipinski definition) is 2. The van der Waals surface area contributed by atoms with Gasteiger partial charge in [0.05, 0.1) is 18.0 Å². The van der Waals surface area contributed by atoms with Crippen LogP contribution in [0.4, 0.5) is 5.69 Å². The number of carboxylic acids is 1. The lowest BCUT2D eigenvalue weighted by Gasteiger charge is -2.28. The van der Waals surface area contributed by atoms with Crippen molar-refractivity contribution in [3.05, 3.63) is 82.9 Å². The van der Waals surface area contributed by atoms with Crippen LogP contribution in [0.3, 0.4) is 0 Å². The lowest BCUT2D eigenvalue weighted by atomic mass is 9.89. The monoisotopic (exact) mass is 537 g/mol. The van der Waals surface area contributed by atoms with Gasteiger partial charge >= 0.3 is 5.97 Å². The molecule has 0 amide bonds. The first-order valence-electron chi connectivity index (χ1n) is 12.8. The van der Waals surface area contributed by atoms with Gasteiger partial charge in [-0.25, -0.2) is 13.2 Å². The van der Waals surface area contributed by atoms with Gasteiger partial charge in [-0.1, -0.05) is 36.4 Å². The second-order valence-corrected chi connectivity index (χ2v) is 12.5. The summed E-state index contributed by atoms with van der Waals surface area (Å²) in [6.45, 7) is 7.91. The Morgan fingerprint density at radius 1 is 1.11 bits per heavy atom. The number of rotatable bonds is 9. The van der Waals surface area contributed by atoms with Gasteiger partial charge in [-0.05, 0) is 99.0 Å². The third-order valence-corrected chi connectivity index (χ3v) is 7.61. The minimum atomic E-state index is -3.69. The van der Waals surface area contributed by atoms with Crippen LogP contribution in [0.25, 0.3) is 11.1 Å². The summed E-state index contributed by atoms with van der Waals surface area (Å²) in [7, 11) is -3.69. The number of hydrogen-bond acceptors (Lipinski definition) is 5. The number of nitrogens with one attached hydrogen (secondary N) is 1. The molecule has 8 heteroatoms. The molecule has 0 fully saturated rings. The van der Waals surface area contributed by atoms with Crippen molar-refractivity contribution in [3.8, 4) is 16.9 Å². The molecule has 0 radical (unpaired) electrons. The van der Waals surface area contributed by atoms with Crippen LogP contribution in [0.5, 0.6) is 5.75 Å². The highest BCUT2D eigenvalue weighted by Crippen LogP contribution is 2.39. The zero-order valence-corrected chi connectivity index (χ0v) is 23.1. The second-order valence-electron chi connectivity index (χ2n) is 10.6. The number of sulfonamides is 1. The fraction of sp³-hybridized carbons (Fsp3) is 0.367. The molecule has 2 N–H and O–H groups in total. The Balaban J connectivity index is 1.75. The lowest BCUT2D eigenvalue weighted by Crippen LogP contribution is -2.28. The van der Waals surface area contributed by atoms with E-state index >= 15 is 0 Å². The molecule has 1 heterocycles. The fourth-order valence-corrected chi connectivity index (χ4v) is 5.80. The van der Waals surface area contributed by atoms with Gasteiger partial charge in [-0.15, -0.1) is 0 Å². The minimum Gasteiger partial charge on any atom is -0.493 e. The normalized spacial score (nSPS) is 14.3. The van der Waals surface area contributed by atoms with E-state index in [0.29, 0.717) is 29.8 Å². The predicted molar refractivity (Wildman–Crippen MR) is 149 cm³/mol. The molecule has 3 aromatic rings. The van der Waals surface area contributed by atoms with Gasteiger partial charge in [0.1, 0.15) is 5.75 Å². The Bertz CT molecular complexity index is 1410. The van der Waals surface area contributed by atoms with E-state index in [1.165, 1.54) is 0 Å². The number of fused-ring (bicyclic) bond motifs is 1. The number of benzene rings is 3. The Kier molecular flexibility index (Phi) is 8.13. The molecule has 1 atom stereocenters. The van der Waals surface area contributed by atoms with Crippen LogP contribution >= 0.6 is 0 Å². The zero-order valence-electron chi connectivity index (χ0n) is 22.3. The van der Waals surface area contributed by atoms with Crippen molar-refractivity contribution >= 4 is 21.7 Å². The van der Waals surface area contributed by atoms with Crippen molar-refractivity contribution in [3.63, 3.8) is 0 Å². The third-order valence-electron chi connectivity index (χ3n) is 6.32. The van der Waals surface area contributed by atoms with E-state index < -0.39 is 27.7 Å². The zero-order chi connectivity index (χ0) is 27.5. The summed E-state index contributed by atoms with van der Waals surface area (Å²) in [6, 6.07) is 18.6. The van der Waals surface area contributed by atoms with Crippen molar-refractivity contribution < 1.29 is 27.8 Å². The van der Waals surface area contributed by atoms with Gasteiger partial charge in [-0.3, -0.25) is 4.72 Å². The van der Waals surface area contributed by atoms with E-state index in [1.807, 2.05) is 55.5 Å². The van der Waals surface area contributed by atoms with Crippen LogP contribution in [-0.4, -0.2) is 37.5 Å². The maximum absolute atomic E-state index is 13.0. The van der Waals surface area contributed by atoms with Gasteiger partial charge in [0.15, 0.2) is 6.10 Å². The molecule has 1 aliphatic rings. The first kappa shape index (κ1) is 27.7. The largest absolute Gasteiger partial charge is 0.493 e. The molecule has 0 bridgehead atoms. The van der Waals surface area contributed by atoms with Crippen LogP contribution in [0.15, 0.2) is 60.7 Å². The predicted octanol–water partition coefficient (Wildman–Crippen LogP) is 5.91. The summed E-state index contributed by atoms with van der Waals surface area (Å²) in [5, 5.41) is 10.2. The molecular weight excluding hydrogens is 502 g/mol. The Hall–Kier alpha value is -3.36. The van der Waals surface area contributed by atoms with Crippen LogP contribution in [0.2, 0.25) is 0 Å². The molecule has 38 heavy (non-hydrogen) atoms. The Morgan fingerprint density at radius 2 is 1.84 bits per heavy atom. The van der Waals surface area contributed by atoms with Crippen molar-refractivity contribution in [2.75, 3.05) is 17.1 Å². The number of carbonyl (C=O) groups is 1. The minimum absolute atomic E-state index is 0.0984.